The van der Waals surface area contributed by atoms with Gasteiger partial charge < -0.3 is 4.74 Å². The van der Waals surface area contributed by atoms with Crippen molar-refractivity contribution in [1.29, 1.82) is 0 Å². The molecule has 2 heterocycles. The van der Waals surface area contributed by atoms with Crippen LogP contribution in [0.15, 0.2) is 0 Å². The molecule has 2 atom stereocenters. The Balaban J connectivity index is 1.69. The van der Waals surface area contributed by atoms with Gasteiger partial charge in [0.25, 0.3) is 0 Å². The molecule has 2 aliphatic heterocycles. The van der Waals surface area contributed by atoms with Crippen LogP contribution in [0, 0.1) is 0 Å². The van der Waals surface area contributed by atoms with Crippen molar-refractivity contribution < 1.29 is 19.3 Å². The molecule has 2 saturated heterocycles. The second kappa shape index (κ2) is 9.48. The maximum atomic E-state index is 11.7. The topological polar surface area (TPSA) is 44.8 Å². The van der Waals surface area contributed by atoms with Crippen LogP contribution in [-0.2, 0) is 19.3 Å². The van der Waals surface area contributed by atoms with Gasteiger partial charge in [0.1, 0.15) is 5.78 Å². The molecule has 0 aliphatic carbocycles. The highest BCUT2D eigenvalue weighted by atomic mass is 17.3. The molecule has 0 spiro atoms. The normalized spacial score (nSPS) is 31.9. The van der Waals surface area contributed by atoms with Crippen molar-refractivity contribution in [1.82, 2.24) is 0 Å². The number of rotatable bonds is 0. The first-order chi connectivity index (χ1) is 9.84. The third kappa shape index (κ3) is 6.33. The number of hydrogen-bond acceptors (Lipinski definition) is 4. The van der Waals surface area contributed by atoms with Gasteiger partial charge in [-0.2, -0.15) is 0 Å². The van der Waals surface area contributed by atoms with E-state index >= 15 is 0 Å². The highest BCUT2D eigenvalue weighted by molar-refractivity contribution is 5.78. The molecule has 0 aromatic rings. The molecule has 0 unspecified atom stereocenters. The van der Waals surface area contributed by atoms with E-state index in [1.54, 1.807) is 0 Å². The minimum absolute atomic E-state index is 0.169. The standard InChI is InChI=1S/C16H28O4/c17-14-10-6-2-1-3-8-12-15-18-16(20-19-15)13-9-5-4-7-11-14/h15-16H,1-13H2/t15-,16+/m1/s1. The monoisotopic (exact) mass is 284 g/mol. The van der Waals surface area contributed by atoms with Crippen molar-refractivity contribution in [3.8, 4) is 0 Å². The van der Waals surface area contributed by atoms with Gasteiger partial charge in [-0.15, -0.1) is 0 Å². The minimum Gasteiger partial charge on any atom is -0.318 e. The summed E-state index contributed by atoms with van der Waals surface area (Å²) in [6.45, 7) is 0. The van der Waals surface area contributed by atoms with Crippen LogP contribution in [0.25, 0.3) is 0 Å². The molecule has 20 heavy (non-hydrogen) atoms. The lowest BCUT2D eigenvalue weighted by molar-refractivity contribution is -0.298. The molecule has 0 amide bonds. The Hall–Kier alpha value is -0.450. The van der Waals surface area contributed by atoms with E-state index in [9.17, 15) is 4.79 Å². The second-order valence-corrected chi connectivity index (χ2v) is 5.99. The van der Waals surface area contributed by atoms with Gasteiger partial charge in [0, 0.05) is 25.7 Å². The van der Waals surface area contributed by atoms with Crippen LogP contribution in [0.5, 0.6) is 0 Å². The molecule has 2 rings (SSSR count). The van der Waals surface area contributed by atoms with Gasteiger partial charge in [-0.05, 0) is 25.7 Å². The van der Waals surface area contributed by atoms with Crippen LogP contribution in [0.3, 0.4) is 0 Å². The quantitative estimate of drug-likeness (QED) is 0.623. The molecule has 0 N–H and O–H groups in total. The van der Waals surface area contributed by atoms with Gasteiger partial charge in [-0.25, -0.2) is 9.78 Å². The number of ketones is 1. The first kappa shape index (κ1) is 15.9. The van der Waals surface area contributed by atoms with E-state index in [1.807, 2.05) is 0 Å². The third-order valence-electron chi connectivity index (χ3n) is 4.11. The first-order valence-electron chi connectivity index (χ1n) is 8.34. The number of fused-ring (bicyclic) bond motifs is 2. The fourth-order valence-corrected chi connectivity index (χ4v) is 2.85. The fraction of sp³-hybridized carbons (Fsp3) is 0.938. The van der Waals surface area contributed by atoms with Gasteiger partial charge >= 0.3 is 0 Å². The Labute approximate surface area is 122 Å². The summed E-state index contributed by atoms with van der Waals surface area (Å²) in [5, 5.41) is 0. The molecule has 4 nitrogen and oxygen atoms in total. The lowest BCUT2D eigenvalue weighted by atomic mass is 10.0. The second-order valence-electron chi connectivity index (χ2n) is 5.99. The molecule has 4 heteroatoms. The van der Waals surface area contributed by atoms with Crippen molar-refractivity contribution in [2.75, 3.05) is 0 Å². The van der Waals surface area contributed by atoms with Crippen LogP contribution in [0.1, 0.15) is 83.5 Å². The van der Waals surface area contributed by atoms with Gasteiger partial charge in [-0.3, -0.25) is 4.79 Å². The summed E-state index contributed by atoms with van der Waals surface area (Å²) in [5.41, 5.74) is 0. The molecule has 2 bridgehead atoms. The average Bonchev–Trinajstić information content (AvgIpc) is 2.89. The van der Waals surface area contributed by atoms with E-state index in [1.165, 1.54) is 12.8 Å². The Morgan fingerprint density at radius 1 is 0.650 bits per heavy atom. The van der Waals surface area contributed by atoms with Gasteiger partial charge in [0.05, 0.1) is 0 Å². The number of ether oxygens (including phenoxy) is 1. The number of hydrogen-bond donors (Lipinski definition) is 0. The minimum atomic E-state index is -0.183. The first-order valence-corrected chi connectivity index (χ1v) is 8.34. The number of Topliss-reactive ketones (excluding diaryl/α,β-unsaturated/α-hetero) is 1. The van der Waals surface area contributed by atoms with E-state index in [2.05, 4.69) is 0 Å². The van der Waals surface area contributed by atoms with Gasteiger partial charge in [0.2, 0.25) is 0 Å². The van der Waals surface area contributed by atoms with Crippen LogP contribution in [-0.4, -0.2) is 18.4 Å². The van der Waals surface area contributed by atoms with Crippen LogP contribution in [0.4, 0.5) is 0 Å². The largest absolute Gasteiger partial charge is 0.318 e. The zero-order valence-electron chi connectivity index (χ0n) is 12.5. The molecule has 0 aromatic heterocycles. The summed E-state index contributed by atoms with van der Waals surface area (Å²) >= 11 is 0. The zero-order valence-corrected chi connectivity index (χ0v) is 12.5. The van der Waals surface area contributed by atoms with Crippen LogP contribution >= 0.6 is 0 Å². The van der Waals surface area contributed by atoms with Gasteiger partial charge in [0.15, 0.2) is 12.6 Å². The number of carbonyl (C=O) groups excluding carboxylic acids is 1. The van der Waals surface area contributed by atoms with Crippen molar-refractivity contribution in [2.45, 2.75) is 96.1 Å². The summed E-state index contributed by atoms with van der Waals surface area (Å²) in [4.78, 5) is 22.1. The Morgan fingerprint density at radius 2 is 1.10 bits per heavy atom. The molecule has 0 radical (unpaired) electrons. The number of carbonyl (C=O) groups is 1. The zero-order chi connectivity index (χ0) is 14.0. The summed E-state index contributed by atoms with van der Waals surface area (Å²) < 4.78 is 5.71. The predicted molar refractivity (Wildman–Crippen MR) is 75.9 cm³/mol. The van der Waals surface area contributed by atoms with Crippen LogP contribution in [0.2, 0.25) is 0 Å². The highest BCUT2D eigenvalue weighted by Crippen LogP contribution is 2.23. The van der Waals surface area contributed by atoms with Gasteiger partial charge in [-0.1, -0.05) is 32.1 Å². The lowest BCUT2D eigenvalue weighted by Gasteiger charge is -2.08. The molecular weight excluding hydrogens is 256 g/mol. The maximum absolute atomic E-state index is 11.7. The van der Waals surface area contributed by atoms with Crippen molar-refractivity contribution in [3.63, 3.8) is 0 Å². The molecule has 0 aromatic carbocycles. The maximum Gasteiger partial charge on any atom is 0.194 e. The average molecular weight is 284 g/mol. The Morgan fingerprint density at radius 3 is 1.65 bits per heavy atom. The molecular formula is C16H28O4. The van der Waals surface area contributed by atoms with E-state index in [-0.39, 0.29) is 12.6 Å². The molecule has 2 aliphatic rings. The van der Waals surface area contributed by atoms with Crippen molar-refractivity contribution >= 4 is 5.78 Å². The van der Waals surface area contributed by atoms with E-state index in [0.717, 1.165) is 70.6 Å². The lowest BCUT2D eigenvalue weighted by Crippen LogP contribution is -2.11. The SMILES string of the molecule is O=C1CCCCCCC[C@H]2OO[C@@H](CCCCCC1)O2. The van der Waals surface area contributed by atoms with Crippen molar-refractivity contribution in [3.05, 3.63) is 0 Å². The summed E-state index contributed by atoms with van der Waals surface area (Å²) in [6.07, 6.45) is 13.1. The van der Waals surface area contributed by atoms with Crippen LogP contribution < -0.4 is 0 Å². The highest BCUT2D eigenvalue weighted by Gasteiger charge is 2.26. The Kier molecular flexibility index (Phi) is 7.55. The Bertz CT molecular complexity index is 280. The summed E-state index contributed by atoms with van der Waals surface area (Å²) in [5.74, 6) is 0.452. The molecule has 0 saturated carbocycles. The molecule has 2 fully saturated rings. The molecule has 116 valence electrons. The fourth-order valence-electron chi connectivity index (χ4n) is 2.85. The third-order valence-corrected chi connectivity index (χ3v) is 4.11. The summed E-state index contributed by atoms with van der Waals surface area (Å²) in [7, 11) is 0. The van der Waals surface area contributed by atoms with E-state index < -0.39 is 0 Å². The summed E-state index contributed by atoms with van der Waals surface area (Å²) in [6, 6.07) is 0. The van der Waals surface area contributed by atoms with E-state index in [4.69, 9.17) is 14.5 Å². The van der Waals surface area contributed by atoms with Crippen molar-refractivity contribution in [2.24, 2.45) is 0 Å². The smallest absolute Gasteiger partial charge is 0.194 e. The predicted octanol–water partition coefficient (Wildman–Crippen LogP) is 4.27. The van der Waals surface area contributed by atoms with E-state index in [0.29, 0.717) is 5.78 Å².